The molecule has 0 spiro atoms. The number of ether oxygens (including phenoxy) is 3. The van der Waals surface area contributed by atoms with E-state index in [0.717, 1.165) is 6.42 Å². The van der Waals surface area contributed by atoms with Gasteiger partial charge < -0.3 is 14.2 Å². The van der Waals surface area contributed by atoms with Crippen LogP contribution in [-0.2, 0) is 9.53 Å². The number of nitriles is 1. The molecule has 0 amide bonds. The molecule has 0 fully saturated rings. The Morgan fingerprint density at radius 1 is 1.50 bits per heavy atom. The van der Waals surface area contributed by atoms with Gasteiger partial charge in [0.15, 0.2) is 17.6 Å². The summed E-state index contributed by atoms with van der Waals surface area (Å²) in [5, 5.41) is 8.97. The van der Waals surface area contributed by atoms with E-state index in [1.165, 1.54) is 26.2 Å². The van der Waals surface area contributed by atoms with Gasteiger partial charge in [0.25, 0.3) is 0 Å². The summed E-state index contributed by atoms with van der Waals surface area (Å²) in [6, 6.07) is 5.18. The molecule has 0 N–H and O–H groups in total. The van der Waals surface area contributed by atoms with Crippen molar-refractivity contribution in [3.05, 3.63) is 28.8 Å². The molecule has 0 saturated heterocycles. The van der Waals surface area contributed by atoms with Crippen LogP contribution in [-0.4, -0.2) is 25.8 Å². The lowest BCUT2D eigenvalue weighted by Crippen LogP contribution is -2.10. The molecule has 0 bridgehead atoms. The number of methoxy groups -OCH3 is 1. The van der Waals surface area contributed by atoms with Gasteiger partial charge in [-0.15, -0.1) is 0 Å². The van der Waals surface area contributed by atoms with Gasteiger partial charge in [-0.1, -0.05) is 18.5 Å². The van der Waals surface area contributed by atoms with E-state index in [-0.39, 0.29) is 0 Å². The van der Waals surface area contributed by atoms with Crippen LogP contribution in [0.15, 0.2) is 18.2 Å². The number of esters is 1. The molecule has 22 heavy (non-hydrogen) atoms. The lowest BCUT2D eigenvalue weighted by Gasteiger charge is -2.12. The Labute approximate surface area is 135 Å². The van der Waals surface area contributed by atoms with E-state index in [1.54, 1.807) is 12.1 Å². The van der Waals surface area contributed by atoms with Crippen molar-refractivity contribution < 1.29 is 19.0 Å². The summed E-state index contributed by atoms with van der Waals surface area (Å²) >= 11 is 6.17. The smallest absolute Gasteiger partial charge is 0.332 e. The zero-order valence-electron chi connectivity index (χ0n) is 12.8. The molecule has 5 nitrogen and oxygen atoms in total. The quantitative estimate of drug-likeness (QED) is 0.566. The summed E-state index contributed by atoms with van der Waals surface area (Å²) < 4.78 is 15.6. The highest BCUT2D eigenvalue weighted by Gasteiger charge is 2.11. The Morgan fingerprint density at radius 3 is 2.82 bits per heavy atom. The second-order valence-corrected chi connectivity index (χ2v) is 4.83. The van der Waals surface area contributed by atoms with E-state index in [4.69, 9.17) is 31.1 Å². The van der Waals surface area contributed by atoms with Crippen molar-refractivity contribution in [1.29, 1.82) is 5.26 Å². The number of benzene rings is 1. The van der Waals surface area contributed by atoms with E-state index in [0.29, 0.717) is 28.7 Å². The first-order valence-electron chi connectivity index (χ1n) is 6.80. The highest BCUT2D eigenvalue weighted by atomic mass is 35.5. The topological polar surface area (TPSA) is 68.5 Å². The summed E-state index contributed by atoms with van der Waals surface area (Å²) in [5.41, 5.74) is 0.659. The molecule has 0 aliphatic carbocycles. The summed E-state index contributed by atoms with van der Waals surface area (Å²) in [4.78, 5) is 11.5. The molecule has 0 saturated carbocycles. The number of carbonyl (C=O) groups excluding carboxylic acids is 1. The van der Waals surface area contributed by atoms with Crippen LogP contribution in [0.25, 0.3) is 6.08 Å². The average molecular weight is 324 g/mol. The fraction of sp³-hybridized carbons (Fsp3) is 0.375. The number of nitrogens with zero attached hydrogens (tertiary/aromatic N) is 1. The zero-order chi connectivity index (χ0) is 16.5. The first-order valence-corrected chi connectivity index (χ1v) is 7.18. The lowest BCUT2D eigenvalue weighted by atomic mass is 10.2. The normalized spacial score (nSPS) is 11.8. The minimum atomic E-state index is -0.792. The van der Waals surface area contributed by atoms with Gasteiger partial charge in [0.05, 0.1) is 18.7 Å². The van der Waals surface area contributed by atoms with Gasteiger partial charge in [-0.2, -0.15) is 5.26 Å². The van der Waals surface area contributed by atoms with Gasteiger partial charge in [0.1, 0.15) is 6.07 Å². The standard InChI is InChI=1S/C16H18ClNO4/c1-4-7-21-16-13(17)8-12(9-14(16)20-3)5-6-15(19)22-11(2)10-18/h5-6,8-9,11H,4,7H2,1-3H3/b6-5+/t11-/m0/s1. The van der Waals surface area contributed by atoms with Gasteiger partial charge in [-0.25, -0.2) is 4.79 Å². The maximum absolute atomic E-state index is 11.5. The Balaban J connectivity index is 2.91. The van der Waals surface area contributed by atoms with Crippen LogP contribution in [0.2, 0.25) is 5.02 Å². The molecule has 0 radical (unpaired) electrons. The van der Waals surface area contributed by atoms with Gasteiger partial charge in [0, 0.05) is 6.08 Å². The van der Waals surface area contributed by atoms with Crippen molar-refractivity contribution in [2.75, 3.05) is 13.7 Å². The SMILES string of the molecule is CCCOc1c(Cl)cc(/C=C/C(=O)O[C@@H](C)C#N)cc1OC. The number of carbonyl (C=O) groups is 1. The Hall–Kier alpha value is -2.19. The minimum Gasteiger partial charge on any atom is -0.493 e. The van der Waals surface area contributed by atoms with Gasteiger partial charge in [-0.05, 0) is 37.1 Å². The largest absolute Gasteiger partial charge is 0.493 e. The predicted molar refractivity (Wildman–Crippen MR) is 84.0 cm³/mol. The van der Waals surface area contributed by atoms with Crippen molar-refractivity contribution in [2.45, 2.75) is 26.4 Å². The van der Waals surface area contributed by atoms with Crippen molar-refractivity contribution >= 4 is 23.6 Å². The lowest BCUT2D eigenvalue weighted by molar-refractivity contribution is -0.139. The summed E-state index contributed by atoms with van der Waals surface area (Å²) in [6.45, 7) is 4.01. The van der Waals surface area contributed by atoms with Crippen LogP contribution in [0, 0.1) is 11.3 Å². The maximum Gasteiger partial charge on any atom is 0.332 e. The third-order valence-electron chi connectivity index (χ3n) is 2.59. The number of rotatable bonds is 7. The van der Waals surface area contributed by atoms with Gasteiger partial charge >= 0.3 is 5.97 Å². The van der Waals surface area contributed by atoms with E-state index in [1.807, 2.05) is 13.0 Å². The number of halogens is 1. The van der Waals surface area contributed by atoms with Gasteiger partial charge in [0.2, 0.25) is 0 Å². The molecular formula is C16H18ClNO4. The van der Waals surface area contributed by atoms with Crippen LogP contribution in [0.1, 0.15) is 25.8 Å². The van der Waals surface area contributed by atoms with Crippen LogP contribution in [0.4, 0.5) is 0 Å². The van der Waals surface area contributed by atoms with Crippen molar-refractivity contribution in [3.8, 4) is 17.6 Å². The fourth-order valence-electron chi connectivity index (χ4n) is 1.58. The molecule has 0 aromatic heterocycles. The first kappa shape index (κ1) is 17.9. The van der Waals surface area contributed by atoms with E-state index in [2.05, 4.69) is 0 Å². The summed E-state index contributed by atoms with van der Waals surface area (Å²) in [7, 11) is 1.51. The molecule has 118 valence electrons. The molecule has 0 aliphatic rings. The molecule has 0 aliphatic heterocycles. The summed E-state index contributed by atoms with van der Waals surface area (Å²) in [6.07, 6.45) is 2.82. The van der Waals surface area contributed by atoms with Crippen LogP contribution in [0.5, 0.6) is 11.5 Å². The van der Waals surface area contributed by atoms with Crippen LogP contribution < -0.4 is 9.47 Å². The Kier molecular flexibility index (Phi) is 7.27. The highest BCUT2D eigenvalue weighted by Crippen LogP contribution is 2.36. The monoisotopic (exact) mass is 323 g/mol. The molecule has 1 rings (SSSR count). The molecule has 1 aromatic rings. The molecule has 1 aromatic carbocycles. The third kappa shape index (κ3) is 5.30. The molecule has 6 heteroatoms. The molecule has 0 heterocycles. The van der Waals surface area contributed by atoms with E-state index < -0.39 is 12.1 Å². The average Bonchev–Trinajstić information content (AvgIpc) is 2.51. The van der Waals surface area contributed by atoms with Crippen molar-refractivity contribution in [3.63, 3.8) is 0 Å². The zero-order valence-corrected chi connectivity index (χ0v) is 13.5. The number of hydrogen-bond donors (Lipinski definition) is 0. The molecule has 0 unspecified atom stereocenters. The maximum atomic E-state index is 11.5. The fourth-order valence-corrected chi connectivity index (χ4v) is 1.86. The van der Waals surface area contributed by atoms with Crippen molar-refractivity contribution in [2.24, 2.45) is 0 Å². The summed E-state index contributed by atoms with van der Waals surface area (Å²) in [5.74, 6) is 0.360. The van der Waals surface area contributed by atoms with E-state index in [9.17, 15) is 4.79 Å². The number of hydrogen-bond acceptors (Lipinski definition) is 5. The second-order valence-electron chi connectivity index (χ2n) is 4.42. The molecule has 1 atom stereocenters. The minimum absolute atomic E-state index is 0.395. The third-order valence-corrected chi connectivity index (χ3v) is 2.87. The van der Waals surface area contributed by atoms with Gasteiger partial charge in [-0.3, -0.25) is 0 Å². The first-order chi connectivity index (χ1) is 10.5. The Morgan fingerprint density at radius 2 is 2.23 bits per heavy atom. The van der Waals surface area contributed by atoms with E-state index >= 15 is 0 Å². The molecular weight excluding hydrogens is 306 g/mol. The predicted octanol–water partition coefficient (Wildman–Crippen LogP) is 3.61. The van der Waals surface area contributed by atoms with Crippen molar-refractivity contribution in [1.82, 2.24) is 0 Å². The second kappa shape index (κ2) is 8.96. The Bertz CT molecular complexity index is 593. The highest BCUT2D eigenvalue weighted by molar-refractivity contribution is 6.32. The van der Waals surface area contributed by atoms with Crippen LogP contribution in [0.3, 0.4) is 0 Å². The van der Waals surface area contributed by atoms with Crippen LogP contribution >= 0.6 is 11.6 Å².